The number of nitrogens with two attached hydrogens (primary N) is 1. The summed E-state index contributed by atoms with van der Waals surface area (Å²) in [6.07, 6.45) is 2.01. The Kier molecular flexibility index (Phi) is 4.81. The Morgan fingerprint density at radius 1 is 1.19 bits per heavy atom. The van der Waals surface area contributed by atoms with Crippen LogP contribution in [0.3, 0.4) is 0 Å². The monoisotopic (exact) mass is 220 g/mol. The molecule has 1 aromatic carbocycles. The first-order valence-electron chi connectivity index (χ1n) is 6.12. The van der Waals surface area contributed by atoms with Gasteiger partial charge in [-0.15, -0.1) is 0 Å². The van der Waals surface area contributed by atoms with Crippen molar-refractivity contribution in [3.05, 3.63) is 29.8 Å². The third kappa shape index (κ3) is 3.53. The normalized spacial score (nSPS) is 12.9. The molecular weight excluding hydrogens is 196 g/mol. The van der Waals surface area contributed by atoms with Gasteiger partial charge in [0.1, 0.15) is 0 Å². The zero-order chi connectivity index (χ0) is 12.1. The summed E-state index contributed by atoms with van der Waals surface area (Å²) in [5.74, 6) is 0. The lowest BCUT2D eigenvalue weighted by atomic mass is 10.0. The zero-order valence-corrected chi connectivity index (χ0v) is 10.9. The van der Waals surface area contributed by atoms with Gasteiger partial charge in [0.2, 0.25) is 0 Å². The second-order valence-corrected chi connectivity index (χ2v) is 4.74. The van der Waals surface area contributed by atoms with Crippen LogP contribution in [0.4, 0.5) is 5.69 Å². The number of benzene rings is 1. The van der Waals surface area contributed by atoms with Gasteiger partial charge in [-0.2, -0.15) is 0 Å². The summed E-state index contributed by atoms with van der Waals surface area (Å²) in [4.78, 5) is 2.27. The van der Waals surface area contributed by atoms with Crippen LogP contribution in [0.5, 0.6) is 0 Å². The minimum Gasteiger partial charge on any atom is -0.372 e. The van der Waals surface area contributed by atoms with Crippen molar-refractivity contribution in [3.63, 3.8) is 0 Å². The molecule has 0 saturated carbocycles. The molecule has 2 heteroatoms. The molecule has 0 aliphatic heterocycles. The molecule has 1 aromatic rings. The van der Waals surface area contributed by atoms with Crippen LogP contribution in [-0.4, -0.2) is 19.1 Å². The maximum absolute atomic E-state index is 5.94. The topological polar surface area (TPSA) is 29.3 Å². The van der Waals surface area contributed by atoms with Crippen molar-refractivity contribution in [2.24, 2.45) is 5.73 Å². The molecule has 1 unspecified atom stereocenters. The lowest BCUT2D eigenvalue weighted by Gasteiger charge is -2.24. The Balaban J connectivity index is 2.68. The maximum Gasteiger partial charge on any atom is 0.0366 e. The van der Waals surface area contributed by atoms with Gasteiger partial charge in [0.15, 0.2) is 0 Å². The number of nitrogens with zero attached hydrogens (tertiary/aromatic N) is 1. The molecule has 0 bridgehead atoms. The first kappa shape index (κ1) is 13.0. The zero-order valence-electron chi connectivity index (χ0n) is 10.9. The van der Waals surface area contributed by atoms with E-state index < -0.39 is 0 Å². The Morgan fingerprint density at radius 2 is 1.75 bits per heavy atom. The van der Waals surface area contributed by atoms with E-state index >= 15 is 0 Å². The predicted molar refractivity (Wildman–Crippen MR) is 72.0 cm³/mol. The fourth-order valence-corrected chi connectivity index (χ4v) is 1.61. The quantitative estimate of drug-likeness (QED) is 0.826. The Labute approximate surface area is 99.5 Å². The van der Waals surface area contributed by atoms with Crippen molar-refractivity contribution < 1.29 is 0 Å². The summed E-state index contributed by atoms with van der Waals surface area (Å²) < 4.78 is 0. The van der Waals surface area contributed by atoms with E-state index in [4.69, 9.17) is 5.73 Å². The second kappa shape index (κ2) is 5.90. The Hall–Kier alpha value is -1.02. The largest absolute Gasteiger partial charge is 0.372 e. The molecule has 0 fully saturated rings. The van der Waals surface area contributed by atoms with Gasteiger partial charge in [-0.1, -0.05) is 19.1 Å². The highest BCUT2D eigenvalue weighted by Gasteiger charge is 2.05. The van der Waals surface area contributed by atoms with Crippen LogP contribution in [-0.2, 0) is 6.42 Å². The smallest absolute Gasteiger partial charge is 0.0366 e. The molecule has 1 atom stereocenters. The minimum atomic E-state index is 0.286. The van der Waals surface area contributed by atoms with Gasteiger partial charge in [0.05, 0.1) is 0 Å². The third-order valence-corrected chi connectivity index (χ3v) is 3.14. The summed E-state index contributed by atoms with van der Waals surface area (Å²) in [5.41, 5.74) is 8.54. The van der Waals surface area contributed by atoms with E-state index in [0.29, 0.717) is 6.04 Å². The van der Waals surface area contributed by atoms with Crippen molar-refractivity contribution in [2.75, 3.05) is 11.9 Å². The van der Waals surface area contributed by atoms with E-state index in [9.17, 15) is 0 Å². The second-order valence-electron chi connectivity index (χ2n) is 4.74. The Morgan fingerprint density at radius 3 is 2.19 bits per heavy atom. The average molecular weight is 220 g/mol. The number of anilines is 1. The number of hydrogen-bond donors (Lipinski definition) is 1. The van der Waals surface area contributed by atoms with Crippen LogP contribution in [0, 0.1) is 0 Å². The van der Waals surface area contributed by atoms with Crippen molar-refractivity contribution in [1.29, 1.82) is 0 Å². The van der Waals surface area contributed by atoms with Crippen LogP contribution < -0.4 is 10.6 Å². The van der Waals surface area contributed by atoms with Gasteiger partial charge in [-0.05, 0) is 44.4 Å². The van der Waals surface area contributed by atoms with Crippen LogP contribution in [0.25, 0.3) is 0 Å². The summed E-state index contributed by atoms with van der Waals surface area (Å²) in [6, 6.07) is 9.54. The highest BCUT2D eigenvalue weighted by Crippen LogP contribution is 2.16. The maximum atomic E-state index is 5.94. The van der Waals surface area contributed by atoms with Crippen molar-refractivity contribution >= 4 is 5.69 Å². The summed E-state index contributed by atoms with van der Waals surface area (Å²) in [5, 5.41) is 0. The standard InChI is InChI=1S/C14H24N2/c1-5-13(15)10-12-6-8-14(9-7-12)16(4)11(2)3/h6-9,11,13H,5,10,15H2,1-4H3. The number of rotatable bonds is 5. The molecular formula is C14H24N2. The van der Waals surface area contributed by atoms with Gasteiger partial charge < -0.3 is 10.6 Å². The van der Waals surface area contributed by atoms with E-state index in [0.717, 1.165) is 12.8 Å². The molecule has 0 aliphatic rings. The molecule has 16 heavy (non-hydrogen) atoms. The number of hydrogen-bond acceptors (Lipinski definition) is 2. The fourth-order valence-electron chi connectivity index (χ4n) is 1.61. The van der Waals surface area contributed by atoms with Gasteiger partial charge >= 0.3 is 0 Å². The lowest BCUT2D eigenvalue weighted by Crippen LogP contribution is -2.25. The molecule has 0 spiro atoms. The first-order valence-corrected chi connectivity index (χ1v) is 6.12. The molecule has 2 N–H and O–H groups in total. The molecule has 0 aromatic heterocycles. The molecule has 0 amide bonds. The van der Waals surface area contributed by atoms with Crippen LogP contribution in [0.1, 0.15) is 32.8 Å². The molecule has 0 saturated heterocycles. The minimum absolute atomic E-state index is 0.286. The summed E-state index contributed by atoms with van der Waals surface area (Å²) in [7, 11) is 2.12. The lowest BCUT2D eigenvalue weighted by molar-refractivity contribution is 0.646. The van der Waals surface area contributed by atoms with Crippen molar-refractivity contribution in [1.82, 2.24) is 0 Å². The van der Waals surface area contributed by atoms with Gasteiger partial charge in [0.25, 0.3) is 0 Å². The molecule has 0 heterocycles. The third-order valence-electron chi connectivity index (χ3n) is 3.14. The van der Waals surface area contributed by atoms with Crippen LogP contribution >= 0.6 is 0 Å². The van der Waals surface area contributed by atoms with Crippen LogP contribution in [0.15, 0.2) is 24.3 Å². The fraction of sp³-hybridized carbons (Fsp3) is 0.571. The molecule has 0 aliphatic carbocycles. The van der Waals surface area contributed by atoms with E-state index in [1.807, 2.05) is 0 Å². The predicted octanol–water partition coefficient (Wildman–Crippen LogP) is 2.81. The van der Waals surface area contributed by atoms with E-state index in [1.54, 1.807) is 0 Å². The van der Waals surface area contributed by atoms with Crippen molar-refractivity contribution in [2.45, 2.75) is 45.7 Å². The first-order chi connectivity index (χ1) is 7.54. The van der Waals surface area contributed by atoms with Crippen LogP contribution in [0.2, 0.25) is 0 Å². The molecule has 0 radical (unpaired) electrons. The average Bonchev–Trinajstić information content (AvgIpc) is 2.28. The van der Waals surface area contributed by atoms with Gasteiger partial charge in [0, 0.05) is 24.8 Å². The molecule has 90 valence electrons. The molecule has 1 rings (SSSR count). The molecule has 2 nitrogen and oxygen atoms in total. The van der Waals surface area contributed by atoms with Gasteiger partial charge in [-0.25, -0.2) is 0 Å². The highest BCUT2D eigenvalue weighted by molar-refractivity contribution is 5.47. The highest BCUT2D eigenvalue weighted by atomic mass is 15.1. The summed E-state index contributed by atoms with van der Waals surface area (Å²) in [6.45, 7) is 6.52. The van der Waals surface area contributed by atoms with E-state index in [2.05, 4.69) is 57.0 Å². The SMILES string of the molecule is CCC(N)Cc1ccc(N(C)C(C)C)cc1. The van der Waals surface area contributed by atoms with E-state index in [1.165, 1.54) is 11.3 Å². The van der Waals surface area contributed by atoms with Crippen molar-refractivity contribution in [3.8, 4) is 0 Å². The van der Waals surface area contributed by atoms with E-state index in [-0.39, 0.29) is 6.04 Å². The Bertz CT molecular complexity index is 303. The summed E-state index contributed by atoms with van der Waals surface area (Å²) >= 11 is 0. The van der Waals surface area contributed by atoms with Gasteiger partial charge in [-0.3, -0.25) is 0 Å².